The molecule has 0 bridgehead atoms. The Morgan fingerprint density at radius 3 is 2.43 bits per heavy atom. The number of hydrogen-bond donors (Lipinski definition) is 2. The number of hydrogen-bond acceptors (Lipinski definition) is 3. The van der Waals surface area contributed by atoms with Crippen LogP contribution in [0.2, 0.25) is 0 Å². The lowest BCUT2D eigenvalue weighted by atomic mass is 10.0. The predicted octanol–water partition coefficient (Wildman–Crippen LogP) is 4.28. The third-order valence-electron chi connectivity index (χ3n) is 4.09. The summed E-state index contributed by atoms with van der Waals surface area (Å²) in [5, 5.41) is 4.50. The fourth-order valence-electron chi connectivity index (χ4n) is 2.57. The predicted molar refractivity (Wildman–Crippen MR) is 103 cm³/mol. The molecule has 0 aliphatic heterocycles. The standard InChI is InChI=1S/C20H18F2N4O2/c1-12(2)13-3-6-15(7-4-13)26-10-9-23-18(19(26)27)25-20(28)24-17-8-5-14(21)11-16(17)22/h3-12H,1-2H3,(H2,23,24,25,28). The molecule has 144 valence electrons. The molecule has 8 heteroatoms. The van der Waals surface area contributed by atoms with Crippen molar-refractivity contribution in [3.8, 4) is 5.69 Å². The highest BCUT2D eigenvalue weighted by molar-refractivity contribution is 5.99. The summed E-state index contributed by atoms with van der Waals surface area (Å²) in [6.07, 6.45) is 2.85. The number of nitrogens with zero attached hydrogens (tertiary/aromatic N) is 2. The molecule has 0 saturated carbocycles. The van der Waals surface area contributed by atoms with Gasteiger partial charge in [-0.25, -0.2) is 18.6 Å². The van der Waals surface area contributed by atoms with E-state index in [-0.39, 0.29) is 11.5 Å². The minimum absolute atomic E-state index is 0.223. The summed E-state index contributed by atoms with van der Waals surface area (Å²) in [4.78, 5) is 28.6. The number of rotatable bonds is 4. The molecule has 2 aromatic carbocycles. The van der Waals surface area contributed by atoms with E-state index < -0.39 is 23.2 Å². The average Bonchev–Trinajstić information content (AvgIpc) is 2.66. The van der Waals surface area contributed by atoms with Crippen LogP contribution < -0.4 is 16.2 Å². The van der Waals surface area contributed by atoms with Gasteiger partial charge in [-0.2, -0.15) is 0 Å². The fraction of sp³-hybridized carbons (Fsp3) is 0.150. The van der Waals surface area contributed by atoms with Crippen molar-refractivity contribution >= 4 is 17.5 Å². The third kappa shape index (κ3) is 4.22. The van der Waals surface area contributed by atoms with Crippen molar-refractivity contribution in [1.82, 2.24) is 9.55 Å². The quantitative estimate of drug-likeness (QED) is 0.705. The van der Waals surface area contributed by atoms with Gasteiger partial charge in [0.25, 0.3) is 5.56 Å². The highest BCUT2D eigenvalue weighted by atomic mass is 19.1. The summed E-state index contributed by atoms with van der Waals surface area (Å²) in [6.45, 7) is 4.14. The van der Waals surface area contributed by atoms with E-state index in [1.54, 1.807) is 12.1 Å². The van der Waals surface area contributed by atoms with Crippen LogP contribution in [0.5, 0.6) is 0 Å². The van der Waals surface area contributed by atoms with E-state index in [1.165, 1.54) is 17.0 Å². The molecule has 0 fully saturated rings. The second-order valence-corrected chi connectivity index (χ2v) is 6.40. The largest absolute Gasteiger partial charge is 0.325 e. The monoisotopic (exact) mass is 384 g/mol. The number of urea groups is 1. The Bertz CT molecular complexity index is 1060. The molecular formula is C20H18F2N4O2. The van der Waals surface area contributed by atoms with Crippen LogP contribution in [0.4, 0.5) is 25.1 Å². The highest BCUT2D eigenvalue weighted by Gasteiger charge is 2.12. The summed E-state index contributed by atoms with van der Waals surface area (Å²) < 4.78 is 27.9. The Kier molecular flexibility index (Phi) is 5.49. The Morgan fingerprint density at radius 2 is 1.79 bits per heavy atom. The van der Waals surface area contributed by atoms with Crippen LogP contribution in [0.25, 0.3) is 5.69 Å². The number of carbonyl (C=O) groups is 1. The summed E-state index contributed by atoms with van der Waals surface area (Å²) in [6, 6.07) is 9.30. The van der Waals surface area contributed by atoms with E-state index >= 15 is 0 Å². The maximum atomic E-state index is 13.6. The number of amides is 2. The average molecular weight is 384 g/mol. The van der Waals surface area contributed by atoms with Gasteiger partial charge in [-0.15, -0.1) is 0 Å². The van der Waals surface area contributed by atoms with Gasteiger partial charge in [0.15, 0.2) is 0 Å². The van der Waals surface area contributed by atoms with Crippen molar-refractivity contribution in [3.05, 3.63) is 82.4 Å². The molecular weight excluding hydrogens is 366 g/mol. The first-order valence-corrected chi connectivity index (χ1v) is 8.56. The van der Waals surface area contributed by atoms with Crippen molar-refractivity contribution in [1.29, 1.82) is 0 Å². The zero-order valence-corrected chi connectivity index (χ0v) is 15.2. The smallest absolute Gasteiger partial charge is 0.305 e. The van der Waals surface area contributed by atoms with E-state index in [4.69, 9.17) is 0 Å². The summed E-state index contributed by atoms with van der Waals surface area (Å²) in [5.41, 5.74) is 0.976. The van der Waals surface area contributed by atoms with Gasteiger partial charge in [0.2, 0.25) is 5.82 Å². The van der Waals surface area contributed by atoms with Crippen molar-refractivity contribution < 1.29 is 13.6 Å². The molecule has 0 atom stereocenters. The molecule has 0 unspecified atom stereocenters. The third-order valence-corrected chi connectivity index (χ3v) is 4.09. The number of benzene rings is 2. The highest BCUT2D eigenvalue weighted by Crippen LogP contribution is 2.17. The number of anilines is 2. The lowest BCUT2D eigenvalue weighted by Crippen LogP contribution is -2.28. The van der Waals surface area contributed by atoms with Gasteiger partial charge in [0.05, 0.1) is 5.69 Å². The van der Waals surface area contributed by atoms with E-state index in [1.807, 2.05) is 12.1 Å². The Morgan fingerprint density at radius 1 is 1.07 bits per heavy atom. The van der Waals surface area contributed by atoms with E-state index in [9.17, 15) is 18.4 Å². The Labute approximate surface area is 159 Å². The van der Waals surface area contributed by atoms with Gasteiger partial charge < -0.3 is 5.32 Å². The first-order valence-electron chi connectivity index (χ1n) is 8.56. The lowest BCUT2D eigenvalue weighted by Gasteiger charge is -2.11. The lowest BCUT2D eigenvalue weighted by molar-refractivity contribution is 0.262. The zero-order valence-electron chi connectivity index (χ0n) is 15.2. The van der Waals surface area contributed by atoms with Gasteiger partial charge in [0, 0.05) is 24.1 Å². The molecule has 3 rings (SSSR count). The maximum Gasteiger partial charge on any atom is 0.325 e. The van der Waals surface area contributed by atoms with E-state index in [0.717, 1.165) is 17.7 Å². The fourth-order valence-corrected chi connectivity index (χ4v) is 2.57. The minimum atomic E-state index is -0.932. The molecule has 1 heterocycles. The maximum absolute atomic E-state index is 13.6. The zero-order chi connectivity index (χ0) is 20.3. The minimum Gasteiger partial charge on any atom is -0.305 e. The van der Waals surface area contributed by atoms with Crippen LogP contribution in [0.1, 0.15) is 25.3 Å². The topological polar surface area (TPSA) is 76.0 Å². The first kappa shape index (κ1) is 19.2. The number of nitrogens with one attached hydrogen (secondary N) is 2. The van der Waals surface area contributed by atoms with Gasteiger partial charge in [-0.3, -0.25) is 14.7 Å². The SMILES string of the molecule is CC(C)c1ccc(-n2ccnc(NC(=O)Nc3ccc(F)cc3F)c2=O)cc1. The van der Waals surface area contributed by atoms with Crippen molar-refractivity contribution in [2.24, 2.45) is 0 Å². The second-order valence-electron chi connectivity index (χ2n) is 6.40. The normalized spacial score (nSPS) is 10.8. The molecule has 2 N–H and O–H groups in total. The molecule has 2 amide bonds. The number of carbonyl (C=O) groups excluding carboxylic acids is 1. The molecule has 3 aromatic rings. The van der Waals surface area contributed by atoms with Gasteiger partial charge >= 0.3 is 6.03 Å². The molecule has 1 aromatic heterocycles. The molecule has 28 heavy (non-hydrogen) atoms. The number of aromatic nitrogens is 2. The molecule has 6 nitrogen and oxygen atoms in total. The van der Waals surface area contributed by atoms with Crippen LogP contribution >= 0.6 is 0 Å². The van der Waals surface area contributed by atoms with E-state index in [0.29, 0.717) is 17.7 Å². The van der Waals surface area contributed by atoms with Crippen LogP contribution in [0.3, 0.4) is 0 Å². The summed E-state index contributed by atoms with van der Waals surface area (Å²) >= 11 is 0. The molecule has 0 aliphatic carbocycles. The molecule has 0 radical (unpaired) electrons. The second kappa shape index (κ2) is 7.99. The van der Waals surface area contributed by atoms with Crippen molar-refractivity contribution in [2.75, 3.05) is 10.6 Å². The van der Waals surface area contributed by atoms with Gasteiger partial charge in [-0.05, 0) is 35.7 Å². The number of halogens is 2. The van der Waals surface area contributed by atoms with Gasteiger partial charge in [0.1, 0.15) is 11.6 Å². The molecule has 0 saturated heterocycles. The summed E-state index contributed by atoms with van der Waals surface area (Å²) in [7, 11) is 0. The van der Waals surface area contributed by atoms with Gasteiger partial charge in [-0.1, -0.05) is 26.0 Å². The van der Waals surface area contributed by atoms with Crippen molar-refractivity contribution in [2.45, 2.75) is 19.8 Å². The Balaban J connectivity index is 1.81. The van der Waals surface area contributed by atoms with Crippen molar-refractivity contribution in [3.63, 3.8) is 0 Å². The first-order chi connectivity index (χ1) is 13.3. The van der Waals surface area contributed by atoms with Crippen LogP contribution in [0, 0.1) is 11.6 Å². The molecule has 0 spiro atoms. The molecule has 0 aliphatic rings. The van der Waals surface area contributed by atoms with Crippen LogP contribution in [-0.2, 0) is 0 Å². The van der Waals surface area contributed by atoms with Crippen LogP contribution in [0.15, 0.2) is 59.7 Å². The summed E-state index contributed by atoms with van der Waals surface area (Å²) in [5.74, 6) is -1.56. The van der Waals surface area contributed by atoms with Crippen LogP contribution in [-0.4, -0.2) is 15.6 Å². The van der Waals surface area contributed by atoms with E-state index in [2.05, 4.69) is 29.5 Å². The Hall–Kier alpha value is -3.55.